The van der Waals surface area contributed by atoms with E-state index in [-0.39, 0.29) is 41.1 Å². The predicted octanol–water partition coefficient (Wildman–Crippen LogP) is 4.53. The third kappa shape index (κ3) is 3.29. The van der Waals surface area contributed by atoms with Crippen LogP contribution in [0, 0.1) is 23.7 Å². The number of ether oxygens (including phenoxy) is 1. The summed E-state index contributed by atoms with van der Waals surface area (Å²) in [7, 11) is 0. The van der Waals surface area contributed by atoms with Crippen LogP contribution < -0.4 is 4.74 Å². The van der Waals surface area contributed by atoms with Gasteiger partial charge in [0.1, 0.15) is 11.4 Å². The SMILES string of the molecule is CC(C)(C)Oc1c(Br)cc(C=NN2C(=O)C3C4C=CC(C4)C3C2=O)cc1Br. The van der Waals surface area contributed by atoms with Gasteiger partial charge in [-0.15, -0.1) is 0 Å². The van der Waals surface area contributed by atoms with Crippen LogP contribution in [-0.4, -0.2) is 28.6 Å². The van der Waals surface area contributed by atoms with Gasteiger partial charge in [0.15, 0.2) is 0 Å². The third-order valence-electron chi connectivity index (χ3n) is 5.20. The second-order valence-electron chi connectivity index (χ2n) is 8.26. The molecule has 0 radical (unpaired) electrons. The summed E-state index contributed by atoms with van der Waals surface area (Å²) < 4.78 is 7.49. The van der Waals surface area contributed by atoms with Crippen molar-refractivity contribution in [2.45, 2.75) is 32.8 Å². The van der Waals surface area contributed by atoms with E-state index in [4.69, 9.17) is 4.74 Å². The number of hydrogen-bond donors (Lipinski definition) is 0. The molecule has 7 heteroatoms. The lowest BCUT2D eigenvalue weighted by Gasteiger charge is -2.23. The minimum absolute atomic E-state index is 0.177. The van der Waals surface area contributed by atoms with Gasteiger partial charge in [-0.1, -0.05) is 12.2 Å². The van der Waals surface area contributed by atoms with Crippen LogP contribution in [0.1, 0.15) is 32.8 Å². The van der Waals surface area contributed by atoms with E-state index in [2.05, 4.69) is 49.1 Å². The summed E-state index contributed by atoms with van der Waals surface area (Å²) >= 11 is 7.04. The number of rotatable bonds is 3. The first kappa shape index (κ1) is 18.9. The Hall–Kier alpha value is -1.47. The zero-order chi connectivity index (χ0) is 19.5. The molecule has 2 aliphatic carbocycles. The van der Waals surface area contributed by atoms with Crippen molar-refractivity contribution in [3.8, 4) is 5.75 Å². The molecule has 2 bridgehead atoms. The molecule has 1 aliphatic heterocycles. The number of imide groups is 1. The van der Waals surface area contributed by atoms with Gasteiger partial charge in [-0.2, -0.15) is 10.1 Å². The molecule has 1 heterocycles. The van der Waals surface area contributed by atoms with E-state index < -0.39 is 0 Å². The number of benzene rings is 1. The molecule has 0 N–H and O–H groups in total. The average Bonchev–Trinajstić information content (AvgIpc) is 3.23. The van der Waals surface area contributed by atoms with Crippen molar-refractivity contribution in [3.63, 3.8) is 0 Å². The van der Waals surface area contributed by atoms with Crippen LogP contribution in [0.5, 0.6) is 5.75 Å². The van der Waals surface area contributed by atoms with Gasteiger partial charge < -0.3 is 4.74 Å². The summed E-state index contributed by atoms with van der Waals surface area (Å²) in [6, 6.07) is 3.71. The van der Waals surface area contributed by atoms with Crippen LogP contribution in [0.2, 0.25) is 0 Å². The normalized spacial score (nSPS) is 29.3. The lowest BCUT2D eigenvalue weighted by atomic mass is 9.85. The maximum atomic E-state index is 12.7. The van der Waals surface area contributed by atoms with E-state index in [1.165, 1.54) is 0 Å². The smallest absolute Gasteiger partial charge is 0.254 e. The molecule has 4 atom stereocenters. The topological polar surface area (TPSA) is 59.0 Å². The molecule has 1 saturated carbocycles. The molecular formula is C20H20Br2N2O3. The van der Waals surface area contributed by atoms with Crippen molar-refractivity contribution in [3.05, 3.63) is 38.8 Å². The zero-order valence-corrected chi connectivity index (χ0v) is 18.5. The number of hydrazone groups is 1. The number of nitrogens with zero attached hydrogens (tertiary/aromatic N) is 2. The number of fused-ring (bicyclic) bond motifs is 5. The minimum Gasteiger partial charge on any atom is -0.486 e. The Kier molecular flexibility index (Phi) is 4.58. The Morgan fingerprint density at radius 3 is 2.07 bits per heavy atom. The molecule has 3 aliphatic rings. The predicted molar refractivity (Wildman–Crippen MR) is 109 cm³/mol. The van der Waals surface area contributed by atoms with Crippen molar-refractivity contribution >= 4 is 49.9 Å². The molecule has 5 nitrogen and oxygen atoms in total. The first-order valence-electron chi connectivity index (χ1n) is 8.94. The molecule has 27 heavy (non-hydrogen) atoms. The molecule has 1 aromatic carbocycles. The fourth-order valence-corrected chi connectivity index (χ4v) is 5.57. The van der Waals surface area contributed by atoms with Gasteiger partial charge in [-0.05, 0) is 88.6 Å². The van der Waals surface area contributed by atoms with Crippen LogP contribution in [0.4, 0.5) is 0 Å². The van der Waals surface area contributed by atoms with E-state index in [1.54, 1.807) is 6.21 Å². The molecule has 2 fully saturated rings. The Bertz CT molecular complexity index is 835. The summed E-state index contributed by atoms with van der Waals surface area (Å²) in [5, 5.41) is 5.28. The van der Waals surface area contributed by atoms with Crippen LogP contribution >= 0.6 is 31.9 Å². The van der Waals surface area contributed by atoms with E-state index in [0.29, 0.717) is 5.75 Å². The van der Waals surface area contributed by atoms with E-state index in [9.17, 15) is 9.59 Å². The highest BCUT2D eigenvalue weighted by Gasteiger charge is 2.59. The van der Waals surface area contributed by atoms with Gasteiger partial charge in [-0.3, -0.25) is 9.59 Å². The summed E-state index contributed by atoms with van der Waals surface area (Å²) in [4.78, 5) is 25.3. The first-order valence-corrected chi connectivity index (χ1v) is 10.5. The number of hydrogen-bond acceptors (Lipinski definition) is 4. The van der Waals surface area contributed by atoms with Crippen LogP contribution in [0.3, 0.4) is 0 Å². The fourth-order valence-electron chi connectivity index (χ4n) is 4.18. The molecule has 4 rings (SSSR count). The fraction of sp³-hybridized carbons (Fsp3) is 0.450. The number of carbonyl (C=O) groups excluding carboxylic acids is 2. The van der Waals surface area contributed by atoms with E-state index in [0.717, 1.165) is 25.9 Å². The molecule has 1 aromatic rings. The van der Waals surface area contributed by atoms with Gasteiger partial charge in [0.05, 0.1) is 27.0 Å². The van der Waals surface area contributed by atoms with E-state index >= 15 is 0 Å². The number of allylic oxidation sites excluding steroid dienone is 2. The quantitative estimate of drug-likeness (QED) is 0.351. The van der Waals surface area contributed by atoms with Crippen molar-refractivity contribution in [2.24, 2.45) is 28.8 Å². The minimum atomic E-state index is -0.333. The highest BCUT2D eigenvalue weighted by atomic mass is 79.9. The molecular weight excluding hydrogens is 476 g/mol. The second kappa shape index (κ2) is 6.55. The summed E-state index contributed by atoms with van der Waals surface area (Å²) in [6.45, 7) is 5.93. The monoisotopic (exact) mass is 494 g/mol. The number of amides is 2. The van der Waals surface area contributed by atoms with Gasteiger partial charge in [0.2, 0.25) is 0 Å². The van der Waals surface area contributed by atoms with Crippen molar-refractivity contribution in [1.82, 2.24) is 5.01 Å². The van der Waals surface area contributed by atoms with Crippen molar-refractivity contribution < 1.29 is 14.3 Å². The average molecular weight is 496 g/mol. The summed E-state index contributed by atoms with van der Waals surface area (Å²) in [6.07, 6.45) is 6.61. The maximum Gasteiger partial charge on any atom is 0.254 e. The summed E-state index contributed by atoms with van der Waals surface area (Å²) in [5.74, 6) is 0.261. The standard InChI is InChI=1S/C20H20Br2N2O3/c1-20(2,3)27-17-13(21)6-10(7-14(17)22)9-23-24-18(25)15-11-4-5-12(8-11)16(15)19(24)26/h4-7,9,11-12,15-16H,8H2,1-3H3. The lowest BCUT2D eigenvalue weighted by Crippen LogP contribution is -2.28. The van der Waals surface area contributed by atoms with Gasteiger partial charge in [0.25, 0.3) is 11.8 Å². The second-order valence-corrected chi connectivity index (χ2v) is 9.97. The van der Waals surface area contributed by atoms with Gasteiger partial charge in [-0.25, -0.2) is 0 Å². The molecule has 4 unspecified atom stereocenters. The molecule has 0 spiro atoms. The Morgan fingerprint density at radius 1 is 1.07 bits per heavy atom. The van der Waals surface area contributed by atoms with Gasteiger partial charge in [0, 0.05) is 0 Å². The van der Waals surface area contributed by atoms with Crippen molar-refractivity contribution in [2.75, 3.05) is 0 Å². The Morgan fingerprint density at radius 2 is 1.59 bits per heavy atom. The first-order chi connectivity index (χ1) is 12.7. The molecule has 1 saturated heterocycles. The number of carbonyl (C=O) groups is 2. The zero-order valence-electron chi connectivity index (χ0n) is 15.3. The largest absolute Gasteiger partial charge is 0.486 e. The highest BCUT2D eigenvalue weighted by Crippen LogP contribution is 2.52. The Balaban J connectivity index is 1.55. The van der Waals surface area contributed by atoms with Crippen molar-refractivity contribution in [1.29, 1.82) is 0 Å². The molecule has 2 amide bonds. The lowest BCUT2D eigenvalue weighted by molar-refractivity contribution is -0.140. The van der Waals surface area contributed by atoms with Gasteiger partial charge >= 0.3 is 0 Å². The highest BCUT2D eigenvalue weighted by molar-refractivity contribution is 9.11. The Labute approximate surface area is 175 Å². The maximum absolute atomic E-state index is 12.7. The number of halogens is 2. The molecule has 0 aromatic heterocycles. The summed E-state index contributed by atoms with van der Waals surface area (Å²) in [5.41, 5.74) is 0.425. The van der Waals surface area contributed by atoms with Crippen LogP contribution in [0.25, 0.3) is 0 Å². The van der Waals surface area contributed by atoms with Crippen LogP contribution in [0.15, 0.2) is 38.3 Å². The third-order valence-corrected chi connectivity index (χ3v) is 6.38. The van der Waals surface area contributed by atoms with E-state index in [1.807, 2.05) is 32.9 Å². The van der Waals surface area contributed by atoms with Crippen LogP contribution in [-0.2, 0) is 9.59 Å². The molecule has 142 valence electrons.